The summed E-state index contributed by atoms with van der Waals surface area (Å²) in [6.45, 7) is 5.65. The van der Waals surface area contributed by atoms with Crippen LogP contribution in [-0.2, 0) is 9.59 Å². The van der Waals surface area contributed by atoms with Gasteiger partial charge in [-0.15, -0.1) is 11.3 Å². The van der Waals surface area contributed by atoms with Gasteiger partial charge in [-0.1, -0.05) is 13.0 Å². The van der Waals surface area contributed by atoms with E-state index < -0.39 is 0 Å². The molecule has 1 aliphatic heterocycles. The first-order chi connectivity index (χ1) is 9.93. The van der Waals surface area contributed by atoms with E-state index in [0.29, 0.717) is 19.5 Å². The van der Waals surface area contributed by atoms with Crippen LogP contribution in [0.15, 0.2) is 17.5 Å². The topological polar surface area (TPSA) is 75.4 Å². The molecule has 2 unspecified atom stereocenters. The molecule has 0 aliphatic carbocycles. The first-order valence-corrected chi connectivity index (χ1v) is 8.10. The molecule has 6 heteroatoms. The number of likely N-dealkylation sites (tertiary alicyclic amines) is 1. The van der Waals surface area contributed by atoms with E-state index in [1.807, 2.05) is 22.4 Å². The molecule has 1 saturated heterocycles. The van der Waals surface area contributed by atoms with Crippen LogP contribution in [0, 0.1) is 5.41 Å². The summed E-state index contributed by atoms with van der Waals surface area (Å²) < 4.78 is 0. The molecule has 2 atom stereocenters. The predicted octanol–water partition coefficient (Wildman–Crippen LogP) is 1.51. The molecule has 1 aromatic rings. The largest absolute Gasteiger partial charge is 0.348 e. The number of carbonyl (C=O) groups is 2. The molecule has 3 N–H and O–H groups in total. The van der Waals surface area contributed by atoms with Gasteiger partial charge in [0.15, 0.2) is 0 Å². The summed E-state index contributed by atoms with van der Waals surface area (Å²) in [6.07, 6.45) is 1.25. The van der Waals surface area contributed by atoms with Crippen LogP contribution in [0.1, 0.15) is 37.6 Å². The Balaban J connectivity index is 2.00. The van der Waals surface area contributed by atoms with Crippen LogP contribution in [-0.4, -0.2) is 36.3 Å². The van der Waals surface area contributed by atoms with Gasteiger partial charge in [-0.05, 0) is 29.8 Å². The van der Waals surface area contributed by atoms with Crippen LogP contribution in [0.5, 0.6) is 0 Å². The van der Waals surface area contributed by atoms with E-state index in [1.165, 1.54) is 6.92 Å². The van der Waals surface area contributed by atoms with Gasteiger partial charge < -0.3 is 16.0 Å². The Morgan fingerprint density at radius 3 is 2.86 bits per heavy atom. The fraction of sp³-hybridized carbons (Fsp3) is 0.600. The molecule has 2 rings (SSSR count). The third kappa shape index (κ3) is 4.04. The van der Waals surface area contributed by atoms with Crippen molar-refractivity contribution in [2.75, 3.05) is 19.6 Å². The van der Waals surface area contributed by atoms with Gasteiger partial charge in [0.2, 0.25) is 11.8 Å². The zero-order chi connectivity index (χ0) is 15.5. The molecule has 2 amide bonds. The summed E-state index contributed by atoms with van der Waals surface area (Å²) in [4.78, 5) is 26.7. The van der Waals surface area contributed by atoms with E-state index >= 15 is 0 Å². The lowest BCUT2D eigenvalue weighted by Gasteiger charge is -2.24. The summed E-state index contributed by atoms with van der Waals surface area (Å²) in [5, 5.41) is 4.82. The molecule has 0 spiro atoms. The summed E-state index contributed by atoms with van der Waals surface area (Å²) in [5.41, 5.74) is 5.81. The van der Waals surface area contributed by atoms with Crippen molar-refractivity contribution in [3.8, 4) is 0 Å². The van der Waals surface area contributed by atoms with Crippen molar-refractivity contribution >= 4 is 23.2 Å². The third-order valence-electron chi connectivity index (χ3n) is 4.05. The van der Waals surface area contributed by atoms with E-state index in [4.69, 9.17) is 5.73 Å². The van der Waals surface area contributed by atoms with Crippen LogP contribution in [0.2, 0.25) is 0 Å². The number of rotatable bonds is 5. The molecule has 0 bridgehead atoms. The average molecular weight is 309 g/mol. The van der Waals surface area contributed by atoms with Crippen molar-refractivity contribution in [1.82, 2.24) is 10.2 Å². The quantitative estimate of drug-likeness (QED) is 0.866. The molecule has 1 fully saturated rings. The highest BCUT2D eigenvalue weighted by atomic mass is 32.1. The molecule has 116 valence electrons. The summed E-state index contributed by atoms with van der Waals surface area (Å²) in [6, 6.07) is 3.65. The van der Waals surface area contributed by atoms with Gasteiger partial charge in [0.25, 0.3) is 0 Å². The van der Waals surface area contributed by atoms with E-state index in [-0.39, 0.29) is 23.3 Å². The van der Waals surface area contributed by atoms with Gasteiger partial charge in [-0.2, -0.15) is 0 Å². The van der Waals surface area contributed by atoms with Gasteiger partial charge in [0, 0.05) is 24.9 Å². The zero-order valence-electron chi connectivity index (χ0n) is 12.6. The normalized spacial score (nSPS) is 23.1. The van der Waals surface area contributed by atoms with Crippen LogP contribution in [0.4, 0.5) is 0 Å². The first-order valence-electron chi connectivity index (χ1n) is 7.22. The fourth-order valence-electron chi connectivity index (χ4n) is 2.66. The number of carbonyl (C=O) groups excluding carboxylic acids is 2. The molecular weight excluding hydrogens is 286 g/mol. The van der Waals surface area contributed by atoms with Crippen LogP contribution in [0.3, 0.4) is 0 Å². The average Bonchev–Trinajstić information content (AvgIpc) is 3.07. The van der Waals surface area contributed by atoms with Gasteiger partial charge in [-0.25, -0.2) is 0 Å². The number of thiophene rings is 1. The fourth-order valence-corrected chi connectivity index (χ4v) is 3.44. The van der Waals surface area contributed by atoms with Crippen molar-refractivity contribution in [2.45, 2.75) is 32.7 Å². The lowest BCUT2D eigenvalue weighted by Crippen LogP contribution is -2.37. The SMILES string of the molecule is CC(=O)NC(CC(=O)N1CCC(C)(CN)C1)c1cccs1. The molecule has 21 heavy (non-hydrogen) atoms. The smallest absolute Gasteiger partial charge is 0.225 e. The Kier molecular flexibility index (Phi) is 5.00. The number of nitrogens with two attached hydrogens (primary N) is 1. The van der Waals surface area contributed by atoms with Crippen LogP contribution < -0.4 is 11.1 Å². The minimum atomic E-state index is -0.236. The summed E-state index contributed by atoms with van der Waals surface area (Å²) >= 11 is 1.56. The molecule has 1 aromatic heterocycles. The minimum absolute atomic E-state index is 0.0299. The van der Waals surface area contributed by atoms with Crippen LogP contribution in [0.25, 0.3) is 0 Å². The highest BCUT2D eigenvalue weighted by Crippen LogP contribution is 2.30. The minimum Gasteiger partial charge on any atom is -0.348 e. The van der Waals surface area contributed by atoms with Crippen molar-refractivity contribution in [3.63, 3.8) is 0 Å². The van der Waals surface area contributed by atoms with Crippen molar-refractivity contribution in [2.24, 2.45) is 11.1 Å². The maximum Gasteiger partial charge on any atom is 0.225 e. The Bertz CT molecular complexity index is 503. The standard InChI is InChI=1S/C15H23N3O2S/c1-11(19)17-12(13-4-3-7-21-13)8-14(20)18-6-5-15(2,9-16)10-18/h3-4,7,12H,5-6,8-10,16H2,1-2H3,(H,17,19). The second-order valence-corrected chi connectivity index (χ2v) is 7.03. The Morgan fingerprint density at radius 2 is 2.33 bits per heavy atom. The molecule has 0 aromatic carbocycles. The molecule has 0 saturated carbocycles. The second-order valence-electron chi connectivity index (χ2n) is 6.05. The summed E-state index contributed by atoms with van der Waals surface area (Å²) in [7, 11) is 0. The number of hydrogen-bond acceptors (Lipinski definition) is 4. The first kappa shape index (κ1) is 16.0. The lowest BCUT2D eigenvalue weighted by atomic mass is 9.90. The molecule has 5 nitrogen and oxygen atoms in total. The Morgan fingerprint density at radius 1 is 1.57 bits per heavy atom. The van der Waals surface area contributed by atoms with Gasteiger partial charge in [0.1, 0.15) is 0 Å². The van der Waals surface area contributed by atoms with Crippen molar-refractivity contribution < 1.29 is 9.59 Å². The van der Waals surface area contributed by atoms with Crippen molar-refractivity contribution in [3.05, 3.63) is 22.4 Å². The predicted molar refractivity (Wildman–Crippen MR) is 83.9 cm³/mol. The third-order valence-corrected chi connectivity index (χ3v) is 5.03. The number of nitrogens with zero attached hydrogens (tertiary/aromatic N) is 1. The van der Waals surface area contributed by atoms with Crippen LogP contribution >= 0.6 is 11.3 Å². The zero-order valence-corrected chi connectivity index (χ0v) is 13.4. The van der Waals surface area contributed by atoms with Crippen molar-refractivity contribution in [1.29, 1.82) is 0 Å². The Hall–Kier alpha value is -1.40. The van der Waals surface area contributed by atoms with E-state index in [0.717, 1.165) is 17.8 Å². The highest BCUT2D eigenvalue weighted by molar-refractivity contribution is 7.10. The van der Waals surface area contributed by atoms with Gasteiger partial charge in [0.05, 0.1) is 12.5 Å². The van der Waals surface area contributed by atoms with E-state index in [2.05, 4.69) is 12.2 Å². The maximum absolute atomic E-state index is 12.5. The molecular formula is C15H23N3O2S. The van der Waals surface area contributed by atoms with E-state index in [1.54, 1.807) is 11.3 Å². The molecule has 1 aliphatic rings. The maximum atomic E-state index is 12.5. The Labute approximate surface area is 129 Å². The number of hydrogen-bond donors (Lipinski definition) is 2. The van der Waals surface area contributed by atoms with Gasteiger partial charge in [-0.3, -0.25) is 9.59 Å². The summed E-state index contributed by atoms with van der Waals surface area (Å²) in [5.74, 6) is -0.0336. The highest BCUT2D eigenvalue weighted by Gasteiger charge is 2.35. The monoisotopic (exact) mass is 309 g/mol. The lowest BCUT2D eigenvalue weighted by molar-refractivity contribution is -0.131. The number of nitrogens with one attached hydrogen (secondary N) is 1. The van der Waals surface area contributed by atoms with Gasteiger partial charge >= 0.3 is 0 Å². The molecule has 2 heterocycles. The van der Waals surface area contributed by atoms with E-state index in [9.17, 15) is 9.59 Å². The number of amides is 2. The second kappa shape index (κ2) is 6.58. The molecule has 0 radical (unpaired) electrons.